The molecule has 1 aliphatic heterocycles. The average molecular weight is 266 g/mol. The average Bonchev–Trinajstić information content (AvgIpc) is 2.86. The first-order valence-electron chi connectivity index (χ1n) is 7.08. The van der Waals surface area contributed by atoms with Crippen LogP contribution in [0.25, 0.3) is 0 Å². The zero-order chi connectivity index (χ0) is 13.8. The smallest absolute Gasteiger partial charge is 0.358 e. The first kappa shape index (κ1) is 14.0. The summed E-state index contributed by atoms with van der Waals surface area (Å²) in [7, 11) is 0. The summed E-state index contributed by atoms with van der Waals surface area (Å²) in [5, 5.41) is 20.6. The van der Waals surface area contributed by atoms with Crippen LogP contribution in [-0.2, 0) is 0 Å². The van der Waals surface area contributed by atoms with E-state index in [4.69, 9.17) is 0 Å². The fraction of sp³-hybridized carbons (Fsp3) is 0.769. The maximum absolute atomic E-state index is 11.3. The van der Waals surface area contributed by atoms with Crippen molar-refractivity contribution in [2.45, 2.75) is 51.5 Å². The lowest BCUT2D eigenvalue weighted by Gasteiger charge is -2.25. The van der Waals surface area contributed by atoms with Gasteiger partial charge in [-0.3, -0.25) is 0 Å². The number of hydrogen-bond acceptors (Lipinski definition) is 4. The monoisotopic (exact) mass is 266 g/mol. The molecule has 0 amide bonds. The van der Waals surface area contributed by atoms with Crippen LogP contribution in [0, 0.1) is 0 Å². The zero-order valence-electron chi connectivity index (χ0n) is 11.6. The number of carboxylic acids is 1. The Balaban J connectivity index is 2.40. The van der Waals surface area contributed by atoms with E-state index in [-0.39, 0.29) is 17.7 Å². The van der Waals surface area contributed by atoms with E-state index in [1.807, 2.05) is 4.68 Å². The van der Waals surface area contributed by atoms with Crippen LogP contribution in [0.15, 0.2) is 0 Å². The number of piperidine rings is 1. The van der Waals surface area contributed by atoms with Gasteiger partial charge in [-0.25, -0.2) is 9.48 Å². The minimum absolute atomic E-state index is 0.138. The van der Waals surface area contributed by atoms with E-state index in [1.54, 1.807) is 0 Å². The molecule has 0 aliphatic carbocycles. The van der Waals surface area contributed by atoms with E-state index in [0.717, 1.165) is 44.5 Å². The van der Waals surface area contributed by atoms with Crippen molar-refractivity contribution in [1.82, 2.24) is 20.3 Å². The Morgan fingerprint density at radius 3 is 2.58 bits per heavy atom. The van der Waals surface area contributed by atoms with Crippen molar-refractivity contribution in [3.8, 4) is 0 Å². The minimum Gasteiger partial charge on any atom is -0.476 e. The third-order valence-electron chi connectivity index (χ3n) is 3.95. The molecule has 1 aromatic rings. The zero-order valence-corrected chi connectivity index (χ0v) is 11.6. The highest BCUT2D eigenvalue weighted by Gasteiger charge is 2.29. The van der Waals surface area contributed by atoms with Crippen molar-refractivity contribution in [2.24, 2.45) is 0 Å². The van der Waals surface area contributed by atoms with Gasteiger partial charge in [-0.1, -0.05) is 19.1 Å². The molecule has 2 N–H and O–H groups in total. The normalized spacial score (nSPS) is 17.0. The van der Waals surface area contributed by atoms with Crippen molar-refractivity contribution in [1.29, 1.82) is 0 Å². The summed E-state index contributed by atoms with van der Waals surface area (Å²) in [4.78, 5) is 11.3. The Labute approximate surface area is 113 Å². The van der Waals surface area contributed by atoms with E-state index >= 15 is 0 Å². The fourth-order valence-corrected chi connectivity index (χ4v) is 2.83. The highest BCUT2D eigenvalue weighted by molar-refractivity contribution is 5.86. The molecule has 106 valence electrons. The van der Waals surface area contributed by atoms with E-state index in [9.17, 15) is 9.90 Å². The standard InChI is InChI=1S/C13H22N4O2/c1-3-10(4-2)17-12(9-5-7-14-8-6-9)11(13(18)19)15-16-17/h9-10,14H,3-8H2,1-2H3,(H,18,19). The molecule has 0 bridgehead atoms. The molecule has 2 heterocycles. The molecule has 2 rings (SSSR count). The lowest BCUT2D eigenvalue weighted by atomic mass is 9.92. The van der Waals surface area contributed by atoms with Crippen LogP contribution < -0.4 is 5.32 Å². The van der Waals surface area contributed by atoms with Gasteiger partial charge in [-0.05, 0) is 38.8 Å². The first-order chi connectivity index (χ1) is 9.19. The van der Waals surface area contributed by atoms with Gasteiger partial charge in [-0.2, -0.15) is 0 Å². The maximum Gasteiger partial charge on any atom is 0.358 e. The van der Waals surface area contributed by atoms with Crippen molar-refractivity contribution >= 4 is 5.97 Å². The third kappa shape index (κ3) is 2.78. The summed E-state index contributed by atoms with van der Waals surface area (Å²) >= 11 is 0. The molecule has 6 nitrogen and oxygen atoms in total. The summed E-state index contributed by atoms with van der Waals surface area (Å²) in [6.45, 7) is 6.06. The molecule has 0 atom stereocenters. The van der Waals surface area contributed by atoms with Gasteiger partial charge in [0.2, 0.25) is 0 Å². The highest BCUT2D eigenvalue weighted by Crippen LogP contribution is 2.30. The number of carbonyl (C=O) groups is 1. The summed E-state index contributed by atoms with van der Waals surface area (Å²) in [5.41, 5.74) is 0.960. The summed E-state index contributed by atoms with van der Waals surface area (Å²) in [5.74, 6) is -0.714. The van der Waals surface area contributed by atoms with Crippen molar-refractivity contribution in [3.63, 3.8) is 0 Å². The molecule has 1 aromatic heterocycles. The summed E-state index contributed by atoms with van der Waals surface area (Å²) in [6, 6.07) is 0.241. The fourth-order valence-electron chi connectivity index (χ4n) is 2.83. The van der Waals surface area contributed by atoms with Crippen molar-refractivity contribution in [3.05, 3.63) is 11.4 Å². The van der Waals surface area contributed by atoms with Crippen LogP contribution in [0.5, 0.6) is 0 Å². The number of hydrogen-bond donors (Lipinski definition) is 2. The van der Waals surface area contributed by atoms with Crippen LogP contribution in [0.1, 0.15) is 67.7 Å². The van der Waals surface area contributed by atoms with Gasteiger partial charge in [0.05, 0.1) is 11.7 Å². The molecule has 0 radical (unpaired) electrons. The number of aromatic carboxylic acids is 1. The van der Waals surface area contributed by atoms with Gasteiger partial charge in [0, 0.05) is 5.92 Å². The predicted molar refractivity (Wildman–Crippen MR) is 71.4 cm³/mol. The van der Waals surface area contributed by atoms with Crippen LogP contribution in [-0.4, -0.2) is 39.2 Å². The Hall–Kier alpha value is -1.43. The van der Waals surface area contributed by atoms with Gasteiger partial charge in [0.1, 0.15) is 0 Å². The second-order valence-electron chi connectivity index (χ2n) is 5.07. The second kappa shape index (κ2) is 6.14. The third-order valence-corrected chi connectivity index (χ3v) is 3.95. The van der Waals surface area contributed by atoms with Gasteiger partial charge in [-0.15, -0.1) is 5.10 Å². The Kier molecular flexibility index (Phi) is 4.52. The van der Waals surface area contributed by atoms with Gasteiger partial charge in [0.15, 0.2) is 5.69 Å². The van der Waals surface area contributed by atoms with Crippen molar-refractivity contribution < 1.29 is 9.90 Å². The number of rotatable bonds is 5. The van der Waals surface area contributed by atoms with Crippen LogP contribution in [0.4, 0.5) is 0 Å². The molecule has 1 fully saturated rings. The molecule has 0 unspecified atom stereocenters. The lowest BCUT2D eigenvalue weighted by Crippen LogP contribution is -2.29. The van der Waals surface area contributed by atoms with E-state index in [2.05, 4.69) is 29.5 Å². The number of nitrogens with zero attached hydrogens (tertiary/aromatic N) is 3. The molecule has 19 heavy (non-hydrogen) atoms. The minimum atomic E-state index is -0.967. The molecular weight excluding hydrogens is 244 g/mol. The summed E-state index contributed by atoms with van der Waals surface area (Å²) < 4.78 is 1.86. The lowest BCUT2D eigenvalue weighted by molar-refractivity contribution is 0.0688. The van der Waals surface area contributed by atoms with E-state index in [1.165, 1.54) is 0 Å². The topological polar surface area (TPSA) is 80.0 Å². The Morgan fingerprint density at radius 1 is 1.42 bits per heavy atom. The number of carboxylic acid groups (broad SMARTS) is 1. The first-order valence-corrected chi connectivity index (χ1v) is 7.08. The van der Waals surface area contributed by atoms with E-state index < -0.39 is 5.97 Å². The molecule has 1 aliphatic rings. The van der Waals surface area contributed by atoms with Crippen LogP contribution >= 0.6 is 0 Å². The molecule has 0 spiro atoms. The molecule has 0 aromatic carbocycles. The van der Waals surface area contributed by atoms with E-state index in [0.29, 0.717) is 0 Å². The SMILES string of the molecule is CCC(CC)n1nnc(C(=O)O)c1C1CCNCC1. The summed E-state index contributed by atoms with van der Waals surface area (Å²) in [6.07, 6.45) is 3.79. The highest BCUT2D eigenvalue weighted by atomic mass is 16.4. The molecular formula is C13H22N4O2. The van der Waals surface area contributed by atoms with Crippen LogP contribution in [0.3, 0.4) is 0 Å². The van der Waals surface area contributed by atoms with Crippen LogP contribution in [0.2, 0.25) is 0 Å². The second-order valence-corrected chi connectivity index (χ2v) is 5.07. The predicted octanol–water partition coefficient (Wildman–Crippen LogP) is 1.80. The van der Waals surface area contributed by atoms with Gasteiger partial charge >= 0.3 is 5.97 Å². The quantitative estimate of drug-likeness (QED) is 0.849. The number of nitrogens with one attached hydrogen (secondary N) is 1. The maximum atomic E-state index is 11.3. The van der Waals surface area contributed by atoms with Gasteiger partial charge in [0.25, 0.3) is 0 Å². The Bertz CT molecular complexity index is 434. The van der Waals surface area contributed by atoms with Gasteiger partial charge < -0.3 is 10.4 Å². The largest absolute Gasteiger partial charge is 0.476 e. The van der Waals surface area contributed by atoms with Crippen molar-refractivity contribution in [2.75, 3.05) is 13.1 Å². The number of aromatic nitrogens is 3. The Morgan fingerprint density at radius 2 is 2.05 bits per heavy atom. The molecule has 0 saturated carbocycles. The molecule has 1 saturated heterocycles. The molecule has 6 heteroatoms.